The van der Waals surface area contributed by atoms with E-state index in [1.807, 2.05) is 18.7 Å². The maximum absolute atomic E-state index is 13.7. The minimum atomic E-state index is -0.676. The van der Waals surface area contributed by atoms with Crippen molar-refractivity contribution in [1.29, 1.82) is 5.26 Å². The molecule has 1 aliphatic carbocycles. The number of carbonyl (C=O) groups excluding carboxylic acids is 2. The van der Waals surface area contributed by atoms with E-state index in [2.05, 4.69) is 31.9 Å². The third kappa shape index (κ3) is 6.93. The van der Waals surface area contributed by atoms with E-state index in [-0.39, 0.29) is 28.2 Å². The van der Waals surface area contributed by atoms with Gasteiger partial charge in [0.25, 0.3) is 11.8 Å². The molecule has 1 fully saturated rings. The Morgan fingerprint density at radius 3 is 2.23 bits per heavy atom. The van der Waals surface area contributed by atoms with Gasteiger partial charge in [-0.2, -0.15) is 5.26 Å². The Bertz CT molecular complexity index is 2090. The standard InChI is InChI=1S/C38H42ClN9O4/c1-46-31-13-16-41-20-29(31)42-34(46)36(49)44-27-7-3-5-24(26(27)19-40)25-6-4-8-28(33(25)39)45-37(50)35-43-30-21-48(18-15-32(30)47(35)2)17-14-22-9-11-23(12-10-22)38(51)52/h3-8,22-23,41H,9-18,20-21H2,1-2H3,(H,44,49)(H,45,50)(H,51,52)/t22-,23-. The number of fused-ring (bicyclic) bond motifs is 2. The Labute approximate surface area is 307 Å². The van der Waals surface area contributed by atoms with Gasteiger partial charge in [-0.05, 0) is 56.7 Å². The van der Waals surface area contributed by atoms with Crippen LogP contribution in [0.3, 0.4) is 0 Å². The Hall–Kier alpha value is -5.03. The van der Waals surface area contributed by atoms with Crippen molar-refractivity contribution in [3.8, 4) is 17.2 Å². The number of carboxylic acids is 1. The van der Waals surface area contributed by atoms with Crippen molar-refractivity contribution in [2.75, 3.05) is 30.3 Å². The van der Waals surface area contributed by atoms with Crippen LogP contribution in [0, 0.1) is 23.2 Å². The topological polar surface area (TPSA) is 170 Å². The van der Waals surface area contributed by atoms with E-state index in [1.165, 1.54) is 0 Å². The Morgan fingerprint density at radius 2 is 1.56 bits per heavy atom. The molecule has 3 aliphatic rings. The highest BCUT2D eigenvalue weighted by Gasteiger charge is 2.29. The molecule has 0 bridgehead atoms. The van der Waals surface area contributed by atoms with Gasteiger partial charge in [0.1, 0.15) is 6.07 Å². The molecule has 0 spiro atoms. The quantitative estimate of drug-likeness (QED) is 0.183. The van der Waals surface area contributed by atoms with E-state index in [1.54, 1.807) is 41.0 Å². The number of halogens is 1. The van der Waals surface area contributed by atoms with Gasteiger partial charge >= 0.3 is 5.97 Å². The molecule has 270 valence electrons. The molecule has 13 nitrogen and oxygen atoms in total. The number of hydrogen-bond acceptors (Lipinski definition) is 8. The monoisotopic (exact) mass is 723 g/mol. The molecular formula is C38H42ClN9O4. The number of nitrogens with one attached hydrogen (secondary N) is 3. The first-order valence-corrected chi connectivity index (χ1v) is 18.2. The number of hydrogen-bond donors (Lipinski definition) is 4. The van der Waals surface area contributed by atoms with Gasteiger partial charge in [0.2, 0.25) is 0 Å². The van der Waals surface area contributed by atoms with Gasteiger partial charge in [-0.1, -0.05) is 35.9 Å². The first kappa shape index (κ1) is 35.4. The SMILES string of the molecule is Cn1c(C(=O)Nc2cccc(-c3cccc(NC(=O)c4nc5c(n4C)CCNC5)c3C#N)c2Cl)nc2c1CCN(CC[C@H]1CC[C@H](C(=O)O)CC1)C2. The number of carboxylic acid groups (broad SMARTS) is 1. The number of nitriles is 1. The van der Waals surface area contributed by atoms with Crippen molar-refractivity contribution >= 4 is 40.8 Å². The minimum absolute atomic E-state index is 0.203. The van der Waals surface area contributed by atoms with Crippen LogP contribution in [-0.2, 0) is 44.8 Å². The lowest BCUT2D eigenvalue weighted by atomic mass is 9.80. The zero-order chi connectivity index (χ0) is 36.5. The molecule has 4 N–H and O–H groups in total. The second-order valence-electron chi connectivity index (χ2n) is 14.0. The normalized spacial score (nSPS) is 18.6. The molecular weight excluding hydrogens is 682 g/mol. The van der Waals surface area contributed by atoms with Gasteiger partial charge in [-0.3, -0.25) is 19.3 Å². The van der Waals surface area contributed by atoms with Gasteiger partial charge in [0, 0.05) is 75.6 Å². The van der Waals surface area contributed by atoms with E-state index in [0.29, 0.717) is 41.5 Å². The van der Waals surface area contributed by atoms with Crippen LogP contribution in [0.15, 0.2) is 36.4 Å². The van der Waals surface area contributed by atoms with Gasteiger partial charge in [-0.15, -0.1) is 0 Å². The van der Waals surface area contributed by atoms with Crippen LogP contribution < -0.4 is 16.0 Å². The number of carbonyl (C=O) groups is 3. The number of anilines is 2. The summed E-state index contributed by atoms with van der Waals surface area (Å²) in [6, 6.07) is 12.6. The molecule has 2 aliphatic heterocycles. The van der Waals surface area contributed by atoms with Gasteiger partial charge < -0.3 is 30.2 Å². The minimum Gasteiger partial charge on any atom is -0.481 e. The van der Waals surface area contributed by atoms with E-state index in [0.717, 1.165) is 87.4 Å². The molecule has 7 rings (SSSR count). The second kappa shape index (κ2) is 14.9. The molecule has 14 heteroatoms. The Balaban J connectivity index is 1.04. The summed E-state index contributed by atoms with van der Waals surface area (Å²) >= 11 is 6.93. The predicted molar refractivity (Wildman–Crippen MR) is 196 cm³/mol. The fourth-order valence-corrected chi connectivity index (χ4v) is 8.17. The highest BCUT2D eigenvalue weighted by Crippen LogP contribution is 2.38. The van der Waals surface area contributed by atoms with Crippen molar-refractivity contribution in [3.63, 3.8) is 0 Å². The summed E-state index contributed by atoms with van der Waals surface area (Å²) in [6.07, 6.45) is 6.01. The number of amides is 2. The average Bonchev–Trinajstić information content (AvgIpc) is 3.67. The fraction of sp³-hybridized carbons (Fsp3) is 0.421. The number of rotatable bonds is 9. The van der Waals surface area contributed by atoms with Crippen molar-refractivity contribution in [2.24, 2.45) is 25.9 Å². The lowest BCUT2D eigenvalue weighted by molar-refractivity contribution is -0.143. The molecule has 2 amide bonds. The number of aliphatic carboxylic acids is 1. The first-order valence-electron chi connectivity index (χ1n) is 17.8. The smallest absolute Gasteiger partial charge is 0.306 e. The number of aromatic nitrogens is 4. The summed E-state index contributed by atoms with van der Waals surface area (Å²) in [7, 11) is 3.67. The first-order chi connectivity index (χ1) is 25.1. The second-order valence-corrected chi connectivity index (χ2v) is 14.4. The lowest BCUT2D eigenvalue weighted by Crippen LogP contribution is -2.33. The van der Waals surface area contributed by atoms with Crippen LogP contribution in [0.5, 0.6) is 0 Å². The average molecular weight is 724 g/mol. The maximum atomic E-state index is 13.7. The van der Waals surface area contributed by atoms with Crippen LogP contribution in [0.1, 0.15) is 81.7 Å². The lowest BCUT2D eigenvalue weighted by Gasteiger charge is -2.30. The number of nitrogens with zero attached hydrogens (tertiary/aromatic N) is 6. The largest absolute Gasteiger partial charge is 0.481 e. The van der Waals surface area contributed by atoms with Gasteiger partial charge in [-0.25, -0.2) is 9.97 Å². The van der Waals surface area contributed by atoms with Crippen molar-refractivity contribution < 1.29 is 19.5 Å². The Kier molecular flexibility index (Phi) is 10.1. The van der Waals surface area contributed by atoms with Gasteiger partial charge in [0.05, 0.1) is 39.3 Å². The van der Waals surface area contributed by atoms with Crippen LogP contribution in [-0.4, -0.2) is 66.5 Å². The van der Waals surface area contributed by atoms with Crippen LogP contribution in [0.4, 0.5) is 11.4 Å². The highest BCUT2D eigenvalue weighted by atomic mass is 35.5. The van der Waals surface area contributed by atoms with Gasteiger partial charge in [0.15, 0.2) is 11.6 Å². The van der Waals surface area contributed by atoms with Crippen LogP contribution in [0.25, 0.3) is 11.1 Å². The molecule has 2 aromatic carbocycles. The summed E-state index contributed by atoms with van der Waals surface area (Å²) in [5.74, 6) is -0.592. The molecule has 0 unspecified atom stereocenters. The fourth-order valence-electron chi connectivity index (χ4n) is 7.89. The predicted octanol–water partition coefficient (Wildman–Crippen LogP) is 5.14. The molecule has 2 aromatic heterocycles. The zero-order valence-electron chi connectivity index (χ0n) is 29.3. The summed E-state index contributed by atoms with van der Waals surface area (Å²) in [6.45, 7) is 3.86. The van der Waals surface area contributed by atoms with Crippen molar-refractivity contribution in [1.82, 2.24) is 29.3 Å². The van der Waals surface area contributed by atoms with Crippen LogP contribution in [0.2, 0.25) is 5.02 Å². The van der Waals surface area contributed by atoms with E-state index in [9.17, 15) is 24.8 Å². The summed E-state index contributed by atoms with van der Waals surface area (Å²) in [4.78, 5) is 50.0. The highest BCUT2D eigenvalue weighted by molar-refractivity contribution is 6.36. The third-order valence-electron chi connectivity index (χ3n) is 10.9. The van der Waals surface area contributed by atoms with Crippen LogP contribution >= 0.6 is 11.6 Å². The number of imidazole rings is 2. The number of benzene rings is 2. The molecule has 0 saturated heterocycles. The molecule has 4 heterocycles. The summed E-state index contributed by atoms with van der Waals surface area (Å²) in [5, 5.41) is 28.9. The third-order valence-corrected chi connectivity index (χ3v) is 11.3. The molecule has 0 atom stereocenters. The molecule has 1 saturated carbocycles. The van der Waals surface area contributed by atoms with E-state index < -0.39 is 17.8 Å². The molecule has 52 heavy (non-hydrogen) atoms. The van der Waals surface area contributed by atoms with E-state index >= 15 is 0 Å². The van der Waals surface area contributed by atoms with Crippen molar-refractivity contribution in [3.05, 3.63) is 81.4 Å². The Morgan fingerprint density at radius 1 is 0.923 bits per heavy atom. The zero-order valence-corrected chi connectivity index (χ0v) is 30.1. The molecule has 0 radical (unpaired) electrons. The van der Waals surface area contributed by atoms with E-state index in [4.69, 9.17) is 16.6 Å². The molecule has 4 aromatic rings. The van der Waals surface area contributed by atoms with Crippen molar-refractivity contribution in [2.45, 2.75) is 58.0 Å². The summed E-state index contributed by atoms with van der Waals surface area (Å²) < 4.78 is 3.65. The summed E-state index contributed by atoms with van der Waals surface area (Å²) in [5.41, 5.74) is 5.73. The maximum Gasteiger partial charge on any atom is 0.306 e.